The Hall–Kier alpha value is -1.23. The highest BCUT2D eigenvalue weighted by Crippen LogP contribution is 2.76. The van der Waals surface area contributed by atoms with E-state index in [4.69, 9.17) is 18.9 Å². The number of aliphatic hydroxyl groups excluding tert-OH is 7. The average Bonchev–Trinajstić information content (AvgIpc) is 3.12. The van der Waals surface area contributed by atoms with Crippen molar-refractivity contribution >= 4 is 5.97 Å². The summed E-state index contributed by atoms with van der Waals surface area (Å²) in [6, 6.07) is 0. The minimum absolute atomic E-state index is 0.0233. The number of allylic oxidation sites excluding steroid dienone is 2. The maximum Gasteiger partial charge on any atom is 0.310 e. The summed E-state index contributed by atoms with van der Waals surface area (Å²) in [4.78, 5) is 13.0. The molecular formula is C41H66O13. The SMILES string of the molecule is CC1(C)CC[C@]2(C(=O)O)CC[C@]3(C)C(=CC[C@@H]4[C@@]5(C)CC[C@H](O[C@@H]6OC[C@H](O)[C@H](O)[C@H]6O[C@@H]6O[C@H](CO)[C@@H](O)[C@H](O)[C@H]6O)[C@@](C)(CO)[C@H]5CC[C@]43C)[C@H]2C1. The van der Waals surface area contributed by atoms with Gasteiger partial charge < -0.3 is 59.8 Å². The fourth-order valence-electron chi connectivity index (χ4n) is 13.4. The van der Waals surface area contributed by atoms with Gasteiger partial charge in [-0.15, -0.1) is 0 Å². The lowest BCUT2D eigenvalue weighted by Gasteiger charge is -2.71. The Balaban J connectivity index is 1.15. The number of carboxylic acids is 1. The third-order valence-electron chi connectivity index (χ3n) is 17.0. The molecular weight excluding hydrogens is 700 g/mol. The summed E-state index contributed by atoms with van der Waals surface area (Å²) in [7, 11) is 0. The van der Waals surface area contributed by atoms with Gasteiger partial charge in [0.15, 0.2) is 12.6 Å². The summed E-state index contributed by atoms with van der Waals surface area (Å²) in [6.07, 6.45) is -3.32. The Morgan fingerprint density at radius 3 is 2.19 bits per heavy atom. The number of aliphatic hydroxyl groups is 7. The van der Waals surface area contributed by atoms with Crippen LogP contribution in [0.3, 0.4) is 0 Å². The minimum atomic E-state index is -1.73. The van der Waals surface area contributed by atoms with Crippen molar-refractivity contribution in [1.29, 1.82) is 0 Å². The lowest BCUT2D eigenvalue weighted by Crippen LogP contribution is -2.67. The van der Waals surface area contributed by atoms with Gasteiger partial charge in [0.2, 0.25) is 0 Å². The third-order valence-corrected chi connectivity index (χ3v) is 17.0. The van der Waals surface area contributed by atoms with E-state index in [9.17, 15) is 45.6 Å². The number of hydrogen-bond acceptors (Lipinski definition) is 12. The fourth-order valence-corrected chi connectivity index (χ4v) is 13.4. The number of hydrogen-bond donors (Lipinski definition) is 8. The van der Waals surface area contributed by atoms with Gasteiger partial charge in [-0.25, -0.2) is 0 Å². The van der Waals surface area contributed by atoms with Crippen molar-refractivity contribution in [2.24, 2.45) is 50.2 Å². The molecule has 0 unspecified atom stereocenters. The van der Waals surface area contributed by atoms with Gasteiger partial charge in [0.1, 0.15) is 42.7 Å². The smallest absolute Gasteiger partial charge is 0.310 e. The molecule has 0 aromatic heterocycles. The Labute approximate surface area is 319 Å². The first-order valence-corrected chi connectivity index (χ1v) is 20.4. The first-order valence-electron chi connectivity index (χ1n) is 20.4. The van der Waals surface area contributed by atoms with Crippen LogP contribution >= 0.6 is 0 Å². The molecule has 0 amide bonds. The molecule has 6 fully saturated rings. The van der Waals surface area contributed by atoms with Gasteiger partial charge in [0, 0.05) is 5.41 Å². The van der Waals surface area contributed by atoms with Crippen LogP contribution in [0.4, 0.5) is 0 Å². The Morgan fingerprint density at radius 2 is 1.52 bits per heavy atom. The second kappa shape index (κ2) is 14.0. The normalized spacial score (nSPS) is 54.3. The number of ether oxygens (including phenoxy) is 4. The van der Waals surface area contributed by atoms with Crippen LogP contribution in [0.1, 0.15) is 106 Å². The molecule has 0 radical (unpaired) electrons. The summed E-state index contributed by atoms with van der Waals surface area (Å²) < 4.78 is 24.1. The summed E-state index contributed by atoms with van der Waals surface area (Å²) in [6.45, 7) is 12.8. The predicted octanol–water partition coefficient (Wildman–Crippen LogP) is 2.49. The van der Waals surface area contributed by atoms with Gasteiger partial charge in [0.05, 0.1) is 31.3 Å². The van der Waals surface area contributed by atoms with E-state index in [2.05, 4.69) is 47.6 Å². The number of carboxylic acid groups (broad SMARTS) is 1. The summed E-state index contributed by atoms with van der Waals surface area (Å²) in [5, 5.41) is 84.7. The summed E-state index contributed by atoms with van der Waals surface area (Å²) in [5.74, 6) is -0.265. The fraction of sp³-hybridized carbons (Fsp3) is 0.927. The standard InChI is InChI=1S/C41H66O13/c1-36(2)13-15-41(35(49)50)16-14-39(5)21(22(41)17-36)7-8-26-37(3)11-10-27(38(4,20-43)25(37)9-12-40(26,39)6)53-34-32(28(45)23(44)19-51-34)54-33-31(48)30(47)29(46)24(18-42)52-33/h7,22-34,42-48H,8-20H2,1-6H3,(H,49,50)/t22-,23+,24-,25+,26-,27+,28+,29-,30+,31-,32-,33+,34+,37+,38+,39-,40-,41+/m1/s1. The molecule has 2 heterocycles. The van der Waals surface area contributed by atoms with E-state index in [1.165, 1.54) is 5.57 Å². The van der Waals surface area contributed by atoms with Crippen molar-refractivity contribution in [2.75, 3.05) is 19.8 Å². The molecule has 7 rings (SSSR count). The predicted molar refractivity (Wildman–Crippen MR) is 193 cm³/mol. The molecule has 5 aliphatic carbocycles. The molecule has 0 spiro atoms. The molecule has 18 atom stereocenters. The van der Waals surface area contributed by atoms with E-state index in [-0.39, 0.29) is 46.7 Å². The first-order chi connectivity index (χ1) is 25.2. The van der Waals surface area contributed by atoms with Gasteiger partial charge in [-0.2, -0.15) is 0 Å². The van der Waals surface area contributed by atoms with Crippen molar-refractivity contribution in [3.63, 3.8) is 0 Å². The lowest BCUT2D eigenvalue weighted by atomic mass is 9.33. The topological polar surface area (TPSA) is 216 Å². The lowest BCUT2D eigenvalue weighted by molar-refractivity contribution is -0.368. The molecule has 2 aliphatic heterocycles. The molecule has 54 heavy (non-hydrogen) atoms. The molecule has 2 saturated heterocycles. The Kier molecular flexibility index (Phi) is 10.6. The number of rotatable bonds is 7. The van der Waals surface area contributed by atoms with Crippen molar-refractivity contribution < 1.29 is 64.6 Å². The quantitative estimate of drug-likeness (QED) is 0.138. The van der Waals surface area contributed by atoms with E-state index >= 15 is 0 Å². The van der Waals surface area contributed by atoms with Crippen molar-refractivity contribution in [2.45, 2.75) is 167 Å². The number of fused-ring (bicyclic) bond motifs is 7. The zero-order valence-electron chi connectivity index (χ0n) is 32.9. The van der Waals surface area contributed by atoms with Gasteiger partial charge in [0.25, 0.3) is 0 Å². The molecule has 0 aromatic rings. The van der Waals surface area contributed by atoms with Crippen LogP contribution in [0, 0.1) is 50.2 Å². The maximum absolute atomic E-state index is 13.0. The van der Waals surface area contributed by atoms with Gasteiger partial charge in [-0.05, 0) is 104 Å². The van der Waals surface area contributed by atoms with Crippen molar-refractivity contribution in [3.8, 4) is 0 Å². The molecule has 4 saturated carbocycles. The molecule has 0 aromatic carbocycles. The van der Waals surface area contributed by atoms with E-state index in [0.29, 0.717) is 18.8 Å². The van der Waals surface area contributed by atoms with Crippen molar-refractivity contribution in [1.82, 2.24) is 0 Å². The number of aliphatic carboxylic acids is 1. The van der Waals surface area contributed by atoms with Crippen LogP contribution in [0.2, 0.25) is 0 Å². The highest BCUT2D eigenvalue weighted by Gasteiger charge is 2.70. The Bertz CT molecular complexity index is 1450. The van der Waals surface area contributed by atoms with Crippen molar-refractivity contribution in [3.05, 3.63) is 11.6 Å². The van der Waals surface area contributed by atoms with E-state index in [1.807, 2.05) is 0 Å². The first kappa shape index (κ1) is 40.9. The molecule has 13 nitrogen and oxygen atoms in total. The molecule has 8 N–H and O–H groups in total. The molecule has 13 heteroatoms. The van der Waals surface area contributed by atoms with Crippen LogP contribution in [-0.2, 0) is 23.7 Å². The second-order valence-electron chi connectivity index (χ2n) is 20.1. The highest BCUT2D eigenvalue weighted by atomic mass is 16.8. The van der Waals surface area contributed by atoms with Gasteiger partial charge in [-0.1, -0.05) is 53.2 Å². The molecule has 7 aliphatic rings. The zero-order valence-corrected chi connectivity index (χ0v) is 32.9. The monoisotopic (exact) mass is 766 g/mol. The van der Waals surface area contributed by atoms with Gasteiger partial charge >= 0.3 is 5.97 Å². The maximum atomic E-state index is 13.0. The largest absolute Gasteiger partial charge is 0.481 e. The summed E-state index contributed by atoms with van der Waals surface area (Å²) in [5.41, 5.74) is -0.367. The minimum Gasteiger partial charge on any atom is -0.481 e. The van der Waals surface area contributed by atoms with E-state index in [0.717, 1.165) is 51.4 Å². The zero-order chi connectivity index (χ0) is 39.4. The van der Waals surface area contributed by atoms with Crippen LogP contribution in [0.25, 0.3) is 0 Å². The van der Waals surface area contributed by atoms with Crippen LogP contribution in [0.5, 0.6) is 0 Å². The van der Waals surface area contributed by atoms with E-state index < -0.39 is 84.8 Å². The van der Waals surface area contributed by atoms with Crippen LogP contribution in [0.15, 0.2) is 11.6 Å². The van der Waals surface area contributed by atoms with E-state index in [1.54, 1.807) is 0 Å². The highest BCUT2D eigenvalue weighted by molar-refractivity contribution is 5.76. The summed E-state index contributed by atoms with van der Waals surface area (Å²) >= 11 is 0. The third kappa shape index (κ3) is 5.92. The number of carbonyl (C=O) groups is 1. The molecule has 0 bridgehead atoms. The average molecular weight is 767 g/mol. The van der Waals surface area contributed by atoms with Crippen LogP contribution < -0.4 is 0 Å². The van der Waals surface area contributed by atoms with Gasteiger partial charge in [-0.3, -0.25) is 4.79 Å². The van der Waals surface area contributed by atoms with Crippen LogP contribution in [-0.4, -0.2) is 128 Å². The molecule has 308 valence electrons. The second-order valence-corrected chi connectivity index (χ2v) is 20.1. The Morgan fingerprint density at radius 1 is 0.815 bits per heavy atom.